The average molecular weight is 384 g/mol. The zero-order valence-corrected chi connectivity index (χ0v) is 16.2. The highest BCUT2D eigenvalue weighted by molar-refractivity contribution is 5.76. The molecule has 0 aliphatic carbocycles. The molecule has 0 fully saturated rings. The molecule has 2 aromatic carbocycles. The third-order valence-corrected chi connectivity index (χ3v) is 4.64. The van der Waals surface area contributed by atoms with Gasteiger partial charge in [0.25, 0.3) is 0 Å². The highest BCUT2D eigenvalue weighted by atomic mass is 16.5. The molecular formula is C21H24N2O5. The van der Waals surface area contributed by atoms with Gasteiger partial charge in [0, 0.05) is 18.5 Å². The first-order valence-electron chi connectivity index (χ1n) is 9.13. The van der Waals surface area contributed by atoms with Crippen LogP contribution in [0.5, 0.6) is 11.5 Å². The molecule has 7 nitrogen and oxygen atoms in total. The number of hydrogen-bond donors (Lipinski definition) is 1. The van der Waals surface area contributed by atoms with Gasteiger partial charge in [-0.3, -0.25) is 9.36 Å². The van der Waals surface area contributed by atoms with Gasteiger partial charge in [0.15, 0.2) is 5.58 Å². The lowest BCUT2D eigenvalue weighted by Crippen LogP contribution is -2.27. The van der Waals surface area contributed by atoms with Crippen LogP contribution >= 0.6 is 0 Å². The second-order valence-corrected chi connectivity index (χ2v) is 6.49. The number of aryl methyl sites for hydroxylation is 1. The minimum atomic E-state index is -0.406. The first-order valence-corrected chi connectivity index (χ1v) is 9.13. The molecule has 0 saturated carbocycles. The van der Waals surface area contributed by atoms with E-state index in [1.807, 2.05) is 43.3 Å². The Labute approximate surface area is 162 Å². The number of oxazole rings is 1. The number of ether oxygens (including phenoxy) is 2. The number of nitrogens with zero attached hydrogens (tertiary/aromatic N) is 1. The molecule has 148 valence electrons. The lowest BCUT2D eigenvalue weighted by atomic mass is 10.1. The van der Waals surface area contributed by atoms with E-state index in [9.17, 15) is 9.59 Å². The molecule has 1 amide bonds. The minimum Gasteiger partial charge on any atom is -0.497 e. The summed E-state index contributed by atoms with van der Waals surface area (Å²) in [5.74, 6) is 0.877. The molecule has 28 heavy (non-hydrogen) atoms. The van der Waals surface area contributed by atoms with Crippen LogP contribution in [0.2, 0.25) is 0 Å². The van der Waals surface area contributed by atoms with Crippen LogP contribution in [0.1, 0.15) is 31.4 Å². The van der Waals surface area contributed by atoms with Gasteiger partial charge >= 0.3 is 5.76 Å². The van der Waals surface area contributed by atoms with E-state index in [4.69, 9.17) is 13.9 Å². The molecule has 0 unspecified atom stereocenters. The number of hydrogen-bond acceptors (Lipinski definition) is 5. The fourth-order valence-electron chi connectivity index (χ4n) is 3.19. The van der Waals surface area contributed by atoms with E-state index in [2.05, 4.69) is 5.32 Å². The number of aromatic nitrogens is 1. The van der Waals surface area contributed by atoms with Crippen molar-refractivity contribution in [2.75, 3.05) is 14.2 Å². The molecule has 0 saturated heterocycles. The Morgan fingerprint density at radius 2 is 1.96 bits per heavy atom. The predicted octanol–water partition coefficient (Wildman–Crippen LogP) is 3.27. The highest BCUT2D eigenvalue weighted by Crippen LogP contribution is 2.29. The summed E-state index contributed by atoms with van der Waals surface area (Å²) >= 11 is 0. The topological polar surface area (TPSA) is 82.7 Å². The molecule has 0 aliphatic rings. The fourth-order valence-corrected chi connectivity index (χ4v) is 3.19. The molecular weight excluding hydrogens is 360 g/mol. The van der Waals surface area contributed by atoms with E-state index in [1.165, 1.54) is 0 Å². The van der Waals surface area contributed by atoms with Crippen molar-refractivity contribution in [3.8, 4) is 11.5 Å². The Hall–Kier alpha value is -3.22. The molecule has 3 aromatic rings. The van der Waals surface area contributed by atoms with Crippen molar-refractivity contribution in [3.63, 3.8) is 0 Å². The number of carbonyl (C=O) groups excluding carboxylic acids is 1. The quantitative estimate of drug-likeness (QED) is 0.644. The summed E-state index contributed by atoms with van der Waals surface area (Å²) in [4.78, 5) is 24.3. The van der Waals surface area contributed by atoms with E-state index in [0.29, 0.717) is 36.5 Å². The number of carbonyl (C=O) groups is 1. The molecule has 7 heteroatoms. The van der Waals surface area contributed by atoms with Gasteiger partial charge in [-0.2, -0.15) is 0 Å². The van der Waals surface area contributed by atoms with Crippen molar-refractivity contribution in [2.45, 2.75) is 32.4 Å². The van der Waals surface area contributed by atoms with Crippen LogP contribution in [-0.4, -0.2) is 24.7 Å². The predicted molar refractivity (Wildman–Crippen MR) is 106 cm³/mol. The van der Waals surface area contributed by atoms with E-state index >= 15 is 0 Å². The van der Waals surface area contributed by atoms with Crippen molar-refractivity contribution >= 4 is 17.0 Å². The number of amides is 1. The highest BCUT2D eigenvalue weighted by Gasteiger charge is 2.16. The SMILES string of the molecule is COc1ccc(OC)c([C@H](C)NC(=O)CCCn2c(=O)oc3ccccc32)c1. The summed E-state index contributed by atoms with van der Waals surface area (Å²) < 4.78 is 17.4. The molecule has 0 radical (unpaired) electrons. The largest absolute Gasteiger partial charge is 0.497 e. The number of fused-ring (bicyclic) bond motifs is 1. The minimum absolute atomic E-state index is 0.0989. The van der Waals surface area contributed by atoms with E-state index in [-0.39, 0.29) is 11.9 Å². The van der Waals surface area contributed by atoms with Crippen LogP contribution in [0.15, 0.2) is 51.7 Å². The van der Waals surface area contributed by atoms with Crippen LogP contribution < -0.4 is 20.5 Å². The summed E-state index contributed by atoms with van der Waals surface area (Å²) in [6, 6.07) is 12.5. The van der Waals surface area contributed by atoms with Gasteiger partial charge in [0.2, 0.25) is 5.91 Å². The van der Waals surface area contributed by atoms with E-state index in [1.54, 1.807) is 24.9 Å². The van der Waals surface area contributed by atoms with Crippen LogP contribution in [0, 0.1) is 0 Å². The lowest BCUT2D eigenvalue weighted by Gasteiger charge is -2.18. The van der Waals surface area contributed by atoms with Crippen LogP contribution in [0.25, 0.3) is 11.1 Å². The van der Waals surface area contributed by atoms with Gasteiger partial charge in [-0.1, -0.05) is 12.1 Å². The van der Waals surface area contributed by atoms with E-state index < -0.39 is 5.76 Å². The summed E-state index contributed by atoms with van der Waals surface area (Å²) in [5.41, 5.74) is 2.13. The molecule has 1 heterocycles. The van der Waals surface area contributed by atoms with Gasteiger partial charge in [0.05, 0.1) is 25.8 Å². The summed E-state index contributed by atoms with van der Waals surface area (Å²) in [7, 11) is 3.18. The molecule has 3 rings (SSSR count). The summed E-state index contributed by atoms with van der Waals surface area (Å²) in [5, 5.41) is 2.97. The maximum Gasteiger partial charge on any atom is 0.419 e. The smallest absolute Gasteiger partial charge is 0.419 e. The maximum atomic E-state index is 12.4. The number of para-hydroxylation sites is 2. The Balaban J connectivity index is 1.60. The second kappa shape index (κ2) is 8.65. The van der Waals surface area contributed by atoms with Crippen molar-refractivity contribution in [3.05, 3.63) is 58.6 Å². The molecule has 1 aromatic heterocycles. The van der Waals surface area contributed by atoms with Crippen LogP contribution in [0.3, 0.4) is 0 Å². The number of rotatable bonds is 8. The van der Waals surface area contributed by atoms with Crippen LogP contribution in [-0.2, 0) is 11.3 Å². The van der Waals surface area contributed by atoms with Gasteiger partial charge in [0.1, 0.15) is 11.5 Å². The van der Waals surface area contributed by atoms with Gasteiger partial charge < -0.3 is 19.2 Å². The Kier molecular flexibility index (Phi) is 6.03. The zero-order chi connectivity index (χ0) is 20.1. The van der Waals surface area contributed by atoms with Gasteiger partial charge in [-0.05, 0) is 43.7 Å². The number of benzene rings is 2. The van der Waals surface area contributed by atoms with E-state index in [0.717, 1.165) is 11.1 Å². The fraction of sp³-hybridized carbons (Fsp3) is 0.333. The molecule has 0 spiro atoms. The second-order valence-electron chi connectivity index (χ2n) is 6.49. The number of nitrogens with one attached hydrogen (secondary N) is 1. The van der Waals surface area contributed by atoms with Crippen molar-refractivity contribution in [1.82, 2.24) is 9.88 Å². The van der Waals surface area contributed by atoms with Crippen molar-refractivity contribution < 1.29 is 18.7 Å². The van der Waals surface area contributed by atoms with Crippen molar-refractivity contribution in [2.24, 2.45) is 0 Å². The molecule has 1 N–H and O–H groups in total. The monoisotopic (exact) mass is 384 g/mol. The van der Waals surface area contributed by atoms with Gasteiger partial charge in [-0.15, -0.1) is 0 Å². The lowest BCUT2D eigenvalue weighted by molar-refractivity contribution is -0.121. The Morgan fingerprint density at radius 3 is 2.71 bits per heavy atom. The molecule has 0 bridgehead atoms. The third-order valence-electron chi connectivity index (χ3n) is 4.64. The number of methoxy groups -OCH3 is 2. The first kappa shape index (κ1) is 19.5. The Morgan fingerprint density at radius 1 is 1.18 bits per heavy atom. The van der Waals surface area contributed by atoms with Gasteiger partial charge in [-0.25, -0.2) is 4.79 Å². The first-order chi connectivity index (χ1) is 13.5. The third kappa shape index (κ3) is 4.19. The molecule has 0 aliphatic heterocycles. The zero-order valence-electron chi connectivity index (χ0n) is 16.2. The Bertz CT molecular complexity index is 1020. The van der Waals surface area contributed by atoms with Crippen molar-refractivity contribution in [1.29, 1.82) is 0 Å². The molecule has 1 atom stereocenters. The summed E-state index contributed by atoms with van der Waals surface area (Å²) in [6.45, 7) is 2.31. The summed E-state index contributed by atoms with van der Waals surface area (Å²) in [6.07, 6.45) is 0.819. The average Bonchev–Trinajstić information content (AvgIpc) is 3.02. The van der Waals surface area contributed by atoms with Crippen LogP contribution in [0.4, 0.5) is 0 Å². The maximum absolute atomic E-state index is 12.4. The normalized spacial score (nSPS) is 12.0. The standard InChI is InChI=1S/C21H24N2O5/c1-14(16-13-15(26-2)10-11-18(16)27-3)22-20(24)9-6-12-23-17-7-4-5-8-19(17)28-21(23)25/h4-5,7-8,10-11,13-14H,6,9,12H2,1-3H3,(H,22,24)/t14-/m0/s1.